The van der Waals surface area contributed by atoms with Gasteiger partial charge in [0.1, 0.15) is 0 Å². The average Bonchev–Trinajstić information content (AvgIpc) is 3.18. The monoisotopic (exact) mass is 426 g/mol. The van der Waals surface area contributed by atoms with E-state index in [1.54, 1.807) is 43.4 Å². The van der Waals surface area contributed by atoms with Crippen LogP contribution < -0.4 is 14.8 Å². The molecule has 3 rings (SSSR count). The number of methoxy groups -OCH3 is 3. The van der Waals surface area contributed by atoms with Crippen molar-refractivity contribution in [3.05, 3.63) is 53.6 Å². The van der Waals surface area contributed by atoms with Crippen LogP contribution in [0.4, 0.5) is 5.69 Å². The topological polar surface area (TPSA) is 94.2 Å². The summed E-state index contributed by atoms with van der Waals surface area (Å²) < 4.78 is 15.2. The summed E-state index contributed by atoms with van der Waals surface area (Å²) in [7, 11) is 4.48. The van der Waals surface area contributed by atoms with Gasteiger partial charge < -0.3 is 24.4 Å². The number of carbonyl (C=O) groups excluding carboxylic acids is 3. The fraction of sp³-hybridized carbons (Fsp3) is 0.348. The summed E-state index contributed by atoms with van der Waals surface area (Å²) in [6.45, 7) is 0.893. The summed E-state index contributed by atoms with van der Waals surface area (Å²) in [5.41, 5.74) is 1.98. The third-order valence-electron chi connectivity index (χ3n) is 5.28. The molecule has 2 aromatic carbocycles. The number of nitrogens with one attached hydrogen (secondary N) is 1. The second-order valence-corrected chi connectivity index (χ2v) is 7.24. The predicted molar refractivity (Wildman–Crippen MR) is 114 cm³/mol. The van der Waals surface area contributed by atoms with E-state index in [1.165, 1.54) is 7.11 Å². The van der Waals surface area contributed by atoms with Gasteiger partial charge in [0.2, 0.25) is 11.8 Å². The van der Waals surface area contributed by atoms with Crippen LogP contribution in [-0.2, 0) is 20.7 Å². The van der Waals surface area contributed by atoms with Gasteiger partial charge in [-0.25, -0.2) is 4.79 Å². The molecular weight excluding hydrogens is 400 g/mol. The van der Waals surface area contributed by atoms with Gasteiger partial charge in [0.15, 0.2) is 11.5 Å². The van der Waals surface area contributed by atoms with Crippen molar-refractivity contribution in [2.24, 2.45) is 5.92 Å². The van der Waals surface area contributed by atoms with Crippen LogP contribution in [0.1, 0.15) is 22.3 Å². The van der Waals surface area contributed by atoms with E-state index in [4.69, 9.17) is 9.47 Å². The van der Waals surface area contributed by atoms with E-state index in [0.717, 1.165) is 5.56 Å². The van der Waals surface area contributed by atoms with Crippen LogP contribution in [0.15, 0.2) is 42.5 Å². The van der Waals surface area contributed by atoms with Crippen LogP contribution in [-0.4, -0.2) is 57.1 Å². The third kappa shape index (κ3) is 5.33. The molecule has 1 aliphatic heterocycles. The molecule has 8 heteroatoms. The molecule has 1 aliphatic rings. The Morgan fingerprint density at radius 3 is 2.39 bits per heavy atom. The molecule has 1 unspecified atom stereocenters. The molecule has 1 saturated heterocycles. The van der Waals surface area contributed by atoms with Gasteiger partial charge in [0.25, 0.3) is 0 Å². The van der Waals surface area contributed by atoms with Crippen molar-refractivity contribution < 1.29 is 28.6 Å². The standard InChI is InChI=1S/C23H26N2O6/c1-29-19-9-4-15(12-20(19)30-2)10-11-25-14-17(13-21(25)26)22(27)24-18-7-5-16(6-8-18)23(28)31-3/h4-9,12,17H,10-11,13-14H2,1-3H3,(H,24,27). The molecule has 0 aromatic heterocycles. The molecule has 1 heterocycles. The van der Waals surface area contributed by atoms with E-state index in [0.29, 0.717) is 42.3 Å². The lowest BCUT2D eigenvalue weighted by molar-refractivity contribution is -0.128. The number of ether oxygens (including phenoxy) is 3. The molecule has 0 radical (unpaired) electrons. The lowest BCUT2D eigenvalue weighted by atomic mass is 10.1. The van der Waals surface area contributed by atoms with Gasteiger partial charge in [0.05, 0.1) is 32.8 Å². The van der Waals surface area contributed by atoms with Gasteiger partial charge in [-0.15, -0.1) is 0 Å². The fourth-order valence-electron chi connectivity index (χ4n) is 3.52. The first-order valence-corrected chi connectivity index (χ1v) is 9.93. The van der Waals surface area contributed by atoms with Crippen molar-refractivity contribution in [2.75, 3.05) is 39.7 Å². The van der Waals surface area contributed by atoms with E-state index in [1.807, 2.05) is 18.2 Å². The number of rotatable bonds is 8. The average molecular weight is 426 g/mol. The van der Waals surface area contributed by atoms with Crippen molar-refractivity contribution in [2.45, 2.75) is 12.8 Å². The summed E-state index contributed by atoms with van der Waals surface area (Å²) in [5.74, 6) is 0.181. The normalized spacial score (nSPS) is 15.5. The number of esters is 1. The molecule has 2 aromatic rings. The second-order valence-electron chi connectivity index (χ2n) is 7.24. The highest BCUT2D eigenvalue weighted by atomic mass is 16.5. The lowest BCUT2D eigenvalue weighted by Gasteiger charge is -2.17. The zero-order chi connectivity index (χ0) is 22.4. The number of hydrogen-bond donors (Lipinski definition) is 1. The first kappa shape index (κ1) is 22.1. The minimum absolute atomic E-state index is 0.0401. The van der Waals surface area contributed by atoms with Gasteiger partial charge in [-0.2, -0.15) is 0 Å². The minimum atomic E-state index is -0.440. The third-order valence-corrected chi connectivity index (χ3v) is 5.28. The Balaban J connectivity index is 1.54. The van der Waals surface area contributed by atoms with Crippen LogP contribution in [0, 0.1) is 5.92 Å². The van der Waals surface area contributed by atoms with E-state index in [-0.39, 0.29) is 18.2 Å². The number of benzene rings is 2. The van der Waals surface area contributed by atoms with Crippen LogP contribution in [0.25, 0.3) is 0 Å². The van der Waals surface area contributed by atoms with Crippen LogP contribution in [0.2, 0.25) is 0 Å². The highest BCUT2D eigenvalue weighted by Gasteiger charge is 2.34. The zero-order valence-corrected chi connectivity index (χ0v) is 17.8. The van der Waals surface area contributed by atoms with Gasteiger partial charge >= 0.3 is 5.97 Å². The number of nitrogens with zero attached hydrogens (tertiary/aromatic N) is 1. The van der Waals surface area contributed by atoms with E-state index in [9.17, 15) is 14.4 Å². The van der Waals surface area contributed by atoms with E-state index in [2.05, 4.69) is 10.1 Å². The summed E-state index contributed by atoms with van der Waals surface area (Å²) >= 11 is 0. The summed E-state index contributed by atoms with van der Waals surface area (Å²) in [6, 6.07) is 12.1. The zero-order valence-electron chi connectivity index (χ0n) is 17.8. The van der Waals surface area contributed by atoms with Crippen molar-refractivity contribution in [3.63, 3.8) is 0 Å². The highest BCUT2D eigenvalue weighted by Crippen LogP contribution is 2.28. The fourth-order valence-corrected chi connectivity index (χ4v) is 3.52. The number of amides is 2. The van der Waals surface area contributed by atoms with Crippen LogP contribution in [0.5, 0.6) is 11.5 Å². The molecule has 2 amide bonds. The molecule has 31 heavy (non-hydrogen) atoms. The summed E-state index contributed by atoms with van der Waals surface area (Å²) in [6.07, 6.45) is 0.827. The summed E-state index contributed by atoms with van der Waals surface area (Å²) in [5, 5.41) is 2.81. The Morgan fingerprint density at radius 1 is 1.03 bits per heavy atom. The maximum absolute atomic E-state index is 12.6. The highest BCUT2D eigenvalue weighted by molar-refractivity contribution is 5.97. The Hall–Kier alpha value is -3.55. The second kappa shape index (κ2) is 9.97. The number of anilines is 1. The molecule has 1 atom stereocenters. The molecule has 1 fully saturated rings. The Bertz CT molecular complexity index is 957. The minimum Gasteiger partial charge on any atom is -0.493 e. The first-order chi connectivity index (χ1) is 14.9. The van der Waals surface area contributed by atoms with Gasteiger partial charge in [0, 0.05) is 25.2 Å². The van der Waals surface area contributed by atoms with Gasteiger partial charge in [-0.3, -0.25) is 9.59 Å². The van der Waals surface area contributed by atoms with Crippen molar-refractivity contribution in [3.8, 4) is 11.5 Å². The largest absolute Gasteiger partial charge is 0.493 e. The summed E-state index contributed by atoms with van der Waals surface area (Å²) in [4.78, 5) is 38.2. The molecule has 0 spiro atoms. The molecule has 164 valence electrons. The Kier molecular flexibility index (Phi) is 7.12. The smallest absolute Gasteiger partial charge is 0.337 e. The van der Waals surface area contributed by atoms with E-state index >= 15 is 0 Å². The van der Waals surface area contributed by atoms with Gasteiger partial charge in [-0.1, -0.05) is 6.07 Å². The van der Waals surface area contributed by atoms with Crippen molar-refractivity contribution in [1.82, 2.24) is 4.90 Å². The van der Waals surface area contributed by atoms with Crippen molar-refractivity contribution in [1.29, 1.82) is 0 Å². The molecule has 8 nitrogen and oxygen atoms in total. The van der Waals surface area contributed by atoms with Crippen molar-refractivity contribution >= 4 is 23.5 Å². The number of likely N-dealkylation sites (tertiary alicyclic amines) is 1. The maximum Gasteiger partial charge on any atom is 0.337 e. The number of hydrogen-bond acceptors (Lipinski definition) is 6. The first-order valence-electron chi connectivity index (χ1n) is 9.93. The molecule has 0 aliphatic carbocycles. The maximum atomic E-state index is 12.6. The van der Waals surface area contributed by atoms with Crippen LogP contribution >= 0.6 is 0 Å². The molecule has 1 N–H and O–H groups in total. The van der Waals surface area contributed by atoms with Gasteiger partial charge in [-0.05, 0) is 48.4 Å². The lowest BCUT2D eigenvalue weighted by Crippen LogP contribution is -2.30. The number of carbonyl (C=O) groups is 3. The predicted octanol–water partition coefficient (Wildman–Crippen LogP) is 2.52. The van der Waals surface area contributed by atoms with Crippen LogP contribution in [0.3, 0.4) is 0 Å². The quantitative estimate of drug-likeness (QED) is 0.652. The Labute approximate surface area is 181 Å². The van der Waals surface area contributed by atoms with E-state index < -0.39 is 11.9 Å². The molecular formula is C23H26N2O6. The Morgan fingerprint density at radius 2 is 1.74 bits per heavy atom. The molecule has 0 bridgehead atoms. The molecule has 0 saturated carbocycles. The SMILES string of the molecule is COC(=O)c1ccc(NC(=O)C2CC(=O)N(CCc3ccc(OC)c(OC)c3)C2)cc1.